The number of benzene rings is 1. The summed E-state index contributed by atoms with van der Waals surface area (Å²) in [4.78, 5) is 16.5. The molecule has 110 valence electrons. The van der Waals surface area contributed by atoms with Crippen LogP contribution < -0.4 is 0 Å². The highest BCUT2D eigenvalue weighted by Gasteiger charge is 2.06. The lowest BCUT2D eigenvalue weighted by molar-refractivity contribution is 0.0562. The molecule has 22 heavy (non-hydrogen) atoms. The van der Waals surface area contributed by atoms with Crippen molar-refractivity contribution in [1.29, 1.82) is 0 Å². The molecular formula is C16H11NO3S2. The van der Waals surface area contributed by atoms with Gasteiger partial charge in [0.2, 0.25) is 0 Å². The van der Waals surface area contributed by atoms with Crippen molar-refractivity contribution in [2.24, 2.45) is 0 Å². The molecule has 0 fully saturated rings. The molecule has 0 bridgehead atoms. The number of rotatable bonds is 4. The number of ether oxygens (including phenoxy) is 1. The van der Waals surface area contributed by atoms with E-state index in [1.165, 1.54) is 23.1 Å². The maximum absolute atomic E-state index is 11.5. The molecule has 6 heteroatoms. The van der Waals surface area contributed by atoms with Gasteiger partial charge in [-0.15, -0.1) is 11.3 Å². The number of aromatic nitrogens is 1. The summed E-state index contributed by atoms with van der Waals surface area (Å²) < 4.78 is 10.6. The summed E-state index contributed by atoms with van der Waals surface area (Å²) in [6, 6.07) is 11.1. The van der Waals surface area contributed by atoms with Crippen LogP contribution in [-0.4, -0.2) is 23.3 Å². The third-order valence-electron chi connectivity index (χ3n) is 2.66. The van der Waals surface area contributed by atoms with E-state index in [1.807, 2.05) is 35.7 Å². The van der Waals surface area contributed by atoms with E-state index in [4.69, 9.17) is 9.15 Å². The first kappa shape index (κ1) is 14.7. The number of carbonyl (C=O) groups excluding carboxylic acids is 1. The Kier molecular flexibility index (Phi) is 4.78. The molecule has 2 heterocycles. The third kappa shape index (κ3) is 3.70. The summed E-state index contributed by atoms with van der Waals surface area (Å²) in [5.41, 5.74) is 1.60. The zero-order valence-electron chi connectivity index (χ0n) is 11.4. The largest absolute Gasteiger partial charge is 0.448 e. The monoisotopic (exact) mass is 329 g/mol. The van der Waals surface area contributed by atoms with Crippen molar-refractivity contribution in [2.45, 2.75) is 5.22 Å². The summed E-state index contributed by atoms with van der Waals surface area (Å²) in [6.07, 6.45) is 0. The van der Waals surface area contributed by atoms with Crippen LogP contribution in [0.4, 0.5) is 0 Å². The number of oxazole rings is 1. The molecule has 0 aliphatic carbocycles. The third-order valence-corrected chi connectivity index (χ3v) is 4.23. The highest BCUT2D eigenvalue weighted by atomic mass is 32.2. The Morgan fingerprint density at radius 2 is 2.18 bits per heavy atom. The van der Waals surface area contributed by atoms with E-state index in [2.05, 4.69) is 16.8 Å². The van der Waals surface area contributed by atoms with E-state index in [9.17, 15) is 4.79 Å². The van der Waals surface area contributed by atoms with E-state index in [1.54, 1.807) is 6.07 Å². The van der Waals surface area contributed by atoms with Gasteiger partial charge in [0, 0.05) is 0 Å². The topological polar surface area (TPSA) is 52.3 Å². The molecule has 0 atom stereocenters. The second-order valence-corrected chi connectivity index (χ2v) is 6.02. The highest BCUT2D eigenvalue weighted by Crippen LogP contribution is 2.22. The molecule has 0 radical (unpaired) electrons. The van der Waals surface area contributed by atoms with Crippen LogP contribution >= 0.6 is 23.1 Å². The van der Waals surface area contributed by atoms with Crippen LogP contribution in [0.3, 0.4) is 0 Å². The van der Waals surface area contributed by atoms with E-state index < -0.39 is 0 Å². The highest BCUT2D eigenvalue weighted by molar-refractivity contribution is 7.99. The molecule has 0 spiro atoms. The average Bonchev–Trinajstić information content (AvgIpc) is 3.19. The molecule has 0 saturated heterocycles. The van der Waals surface area contributed by atoms with Crippen molar-refractivity contribution in [3.05, 3.63) is 46.7 Å². The summed E-state index contributed by atoms with van der Waals surface area (Å²) in [5, 5.41) is 2.42. The van der Waals surface area contributed by atoms with Gasteiger partial charge in [-0.1, -0.05) is 41.8 Å². The van der Waals surface area contributed by atoms with Gasteiger partial charge in [-0.25, -0.2) is 9.78 Å². The number of nitrogens with zero attached hydrogens (tertiary/aromatic N) is 1. The fraction of sp³-hybridized carbons (Fsp3) is 0.125. The quantitative estimate of drug-likeness (QED) is 0.413. The van der Waals surface area contributed by atoms with Gasteiger partial charge in [-0.3, -0.25) is 0 Å². The van der Waals surface area contributed by atoms with Crippen LogP contribution in [-0.2, 0) is 4.74 Å². The molecule has 1 aromatic carbocycles. The van der Waals surface area contributed by atoms with E-state index >= 15 is 0 Å². The number of carbonyl (C=O) groups is 1. The fourth-order valence-corrected chi connectivity index (χ4v) is 2.91. The van der Waals surface area contributed by atoms with Crippen molar-refractivity contribution in [2.75, 3.05) is 12.4 Å². The number of fused-ring (bicyclic) bond motifs is 1. The first-order chi connectivity index (χ1) is 10.8. The Morgan fingerprint density at radius 1 is 1.27 bits per heavy atom. The fourth-order valence-electron chi connectivity index (χ4n) is 1.68. The predicted molar refractivity (Wildman–Crippen MR) is 87.1 cm³/mol. The summed E-state index contributed by atoms with van der Waals surface area (Å²) in [7, 11) is 0. The Hall–Kier alpha value is -2.23. The number of hydrogen-bond acceptors (Lipinski definition) is 6. The SMILES string of the molecule is O=C(OCC#CCSc1nc2ccccc2o1)c1cccs1. The predicted octanol–water partition coefficient (Wildman–Crippen LogP) is 3.84. The second-order valence-electron chi connectivity index (χ2n) is 4.14. The molecular weight excluding hydrogens is 318 g/mol. The minimum Gasteiger partial charge on any atom is -0.448 e. The number of para-hydroxylation sites is 2. The van der Waals surface area contributed by atoms with Gasteiger partial charge in [0.15, 0.2) is 12.2 Å². The minimum absolute atomic E-state index is 0.0881. The number of thiophene rings is 1. The van der Waals surface area contributed by atoms with Crippen LogP contribution in [0.25, 0.3) is 11.1 Å². The van der Waals surface area contributed by atoms with Crippen LogP contribution in [0.2, 0.25) is 0 Å². The normalized spacial score (nSPS) is 10.2. The molecule has 3 aromatic rings. The van der Waals surface area contributed by atoms with Crippen molar-refractivity contribution in [3.63, 3.8) is 0 Å². The zero-order chi connectivity index (χ0) is 15.2. The maximum Gasteiger partial charge on any atom is 0.349 e. The molecule has 2 aromatic heterocycles. The second kappa shape index (κ2) is 7.16. The standard InChI is InChI=1S/C16H11NO3S2/c18-15(14-8-5-11-21-14)19-9-3-4-10-22-16-17-12-6-1-2-7-13(12)20-16/h1-2,5-8,11H,9-10H2. The average molecular weight is 329 g/mol. The molecule has 0 saturated carbocycles. The van der Waals surface area contributed by atoms with Gasteiger partial charge < -0.3 is 9.15 Å². The van der Waals surface area contributed by atoms with Gasteiger partial charge in [0.05, 0.1) is 5.75 Å². The zero-order valence-corrected chi connectivity index (χ0v) is 13.1. The molecule has 0 unspecified atom stereocenters. The molecule has 0 aliphatic heterocycles. The van der Waals surface area contributed by atoms with Crippen LogP contribution in [0, 0.1) is 11.8 Å². The van der Waals surface area contributed by atoms with E-state index in [0.717, 1.165) is 11.1 Å². The van der Waals surface area contributed by atoms with Gasteiger partial charge in [0.1, 0.15) is 10.4 Å². The minimum atomic E-state index is -0.337. The number of esters is 1. The summed E-state index contributed by atoms with van der Waals surface area (Å²) in [5.74, 6) is 5.92. The number of hydrogen-bond donors (Lipinski definition) is 0. The van der Waals surface area contributed by atoms with Gasteiger partial charge in [0.25, 0.3) is 5.22 Å². The van der Waals surface area contributed by atoms with Crippen molar-refractivity contribution >= 4 is 40.2 Å². The summed E-state index contributed by atoms with van der Waals surface area (Å²) in [6.45, 7) is 0.0881. The van der Waals surface area contributed by atoms with Gasteiger partial charge in [-0.2, -0.15) is 0 Å². The molecule has 3 rings (SSSR count). The Bertz CT molecular complexity index is 795. The Balaban J connectivity index is 1.44. The lowest BCUT2D eigenvalue weighted by Crippen LogP contribution is -2.02. The first-order valence-corrected chi connectivity index (χ1v) is 8.34. The Morgan fingerprint density at radius 3 is 3.00 bits per heavy atom. The maximum atomic E-state index is 11.5. The Labute approximate surface area is 135 Å². The van der Waals surface area contributed by atoms with Crippen LogP contribution in [0.5, 0.6) is 0 Å². The molecule has 0 aliphatic rings. The van der Waals surface area contributed by atoms with Crippen LogP contribution in [0.15, 0.2) is 51.4 Å². The lowest BCUT2D eigenvalue weighted by Gasteiger charge is -1.96. The van der Waals surface area contributed by atoms with Crippen molar-refractivity contribution < 1.29 is 13.9 Å². The molecule has 4 nitrogen and oxygen atoms in total. The smallest absolute Gasteiger partial charge is 0.349 e. The first-order valence-electron chi connectivity index (χ1n) is 6.47. The molecule has 0 N–H and O–H groups in total. The molecule has 0 amide bonds. The lowest BCUT2D eigenvalue weighted by atomic mass is 10.3. The van der Waals surface area contributed by atoms with Crippen LogP contribution in [0.1, 0.15) is 9.67 Å². The van der Waals surface area contributed by atoms with Crippen molar-refractivity contribution in [1.82, 2.24) is 4.98 Å². The number of thioether (sulfide) groups is 1. The van der Waals surface area contributed by atoms with Gasteiger partial charge >= 0.3 is 5.97 Å². The van der Waals surface area contributed by atoms with E-state index in [-0.39, 0.29) is 12.6 Å². The van der Waals surface area contributed by atoms with E-state index in [0.29, 0.717) is 15.9 Å². The van der Waals surface area contributed by atoms with Crippen molar-refractivity contribution in [3.8, 4) is 11.8 Å². The summed E-state index contributed by atoms with van der Waals surface area (Å²) >= 11 is 2.76. The van der Waals surface area contributed by atoms with Gasteiger partial charge in [-0.05, 0) is 23.6 Å².